The van der Waals surface area contributed by atoms with Crippen LogP contribution in [0.4, 0.5) is 5.69 Å². The molecule has 0 radical (unpaired) electrons. The van der Waals surface area contributed by atoms with Crippen molar-refractivity contribution in [3.63, 3.8) is 0 Å². The average Bonchev–Trinajstić information content (AvgIpc) is 1.60. The molecule has 4 unspecified atom stereocenters. The Morgan fingerprint density at radius 1 is 0.489 bits per heavy atom. The number of nitrogens with one attached hydrogen (secondary N) is 8. The van der Waals surface area contributed by atoms with E-state index in [2.05, 4.69) is 195 Å². The highest BCUT2D eigenvalue weighted by atomic mass is 32.2. The highest BCUT2D eigenvalue weighted by molar-refractivity contribution is 7.99. The minimum absolute atomic E-state index is 0.000323. The fourth-order valence-corrected chi connectivity index (χ4v) is 22.8. The second-order valence-corrected chi connectivity index (χ2v) is 51.6. The smallest absolute Gasteiger partial charge is 0.305 e. The monoisotopic (exact) mass is 2020 g/mol. The number of aliphatic carboxylic acids is 1. The van der Waals surface area contributed by atoms with E-state index >= 15 is 0 Å². The summed E-state index contributed by atoms with van der Waals surface area (Å²) in [5.41, 5.74) is 7.10. The van der Waals surface area contributed by atoms with Gasteiger partial charge in [0.2, 0.25) is 41.6 Å². The number of aryl methyl sites for hydroxylation is 1. The van der Waals surface area contributed by atoms with Crippen LogP contribution < -0.4 is 43.7 Å². The maximum absolute atomic E-state index is 14.3. The van der Waals surface area contributed by atoms with Crippen molar-refractivity contribution in [1.82, 2.24) is 78.9 Å². The third-order valence-corrected chi connectivity index (χ3v) is 30.1. The van der Waals surface area contributed by atoms with E-state index < -0.39 is 71.6 Å². The fraction of sp³-hybridized carbons (Fsp3) is 0.575. The van der Waals surface area contributed by atoms with Gasteiger partial charge >= 0.3 is 5.97 Å². The molecule has 0 saturated heterocycles. The summed E-state index contributed by atoms with van der Waals surface area (Å²) < 4.78 is 122. The number of ether oxygens (including phenoxy) is 4. The van der Waals surface area contributed by atoms with E-state index in [4.69, 9.17) is 24.1 Å². The zero-order chi connectivity index (χ0) is 105. The van der Waals surface area contributed by atoms with Crippen molar-refractivity contribution in [3.05, 3.63) is 166 Å². The summed E-state index contributed by atoms with van der Waals surface area (Å²) >= 11 is 1.50. The molecule has 0 spiro atoms. The molecule has 6 heterocycles. The Morgan fingerprint density at radius 2 is 0.972 bits per heavy atom. The fourth-order valence-electron chi connectivity index (χ4n) is 17.3. The molecule has 2 amide bonds. The van der Waals surface area contributed by atoms with E-state index in [1.807, 2.05) is 147 Å². The van der Waals surface area contributed by atoms with Crippen LogP contribution in [0, 0.1) is 23.7 Å². The van der Waals surface area contributed by atoms with Crippen LogP contribution in [-0.2, 0) is 76.9 Å². The minimum Gasteiger partial charge on any atom is -0.495 e. The molecule has 0 saturated carbocycles. The van der Waals surface area contributed by atoms with Gasteiger partial charge in [-0.1, -0.05) is 298 Å². The molecule has 0 aliphatic heterocycles. The van der Waals surface area contributed by atoms with E-state index in [1.165, 1.54) is 64.3 Å². The van der Waals surface area contributed by atoms with Crippen molar-refractivity contribution < 1.29 is 63.7 Å². The largest absolute Gasteiger partial charge is 0.495 e. The van der Waals surface area contributed by atoms with Crippen LogP contribution in [0.1, 0.15) is 372 Å². The quantitative estimate of drug-likeness (QED) is 0.0160. The summed E-state index contributed by atoms with van der Waals surface area (Å²) in [6, 6.07) is 31.0. The third kappa shape index (κ3) is 30.9. The maximum Gasteiger partial charge on any atom is 0.305 e. The number of carbonyl (C=O) groups excluding carboxylic acids is 2. The van der Waals surface area contributed by atoms with Crippen LogP contribution in [0.5, 0.6) is 28.7 Å². The topological polar surface area (TPSA) is 409 Å². The van der Waals surface area contributed by atoms with Crippen LogP contribution in [0.2, 0.25) is 0 Å². The van der Waals surface area contributed by atoms with Gasteiger partial charge in [0.1, 0.15) is 37.7 Å². The molecule has 6 aromatic heterocycles. The molecule has 9 N–H and O–H groups in total. The molecule has 0 fully saturated rings. The Labute approximate surface area is 841 Å². The number of nitrogens with zero attached hydrogens (tertiary/aromatic N) is 9. The second kappa shape index (κ2) is 46.7. The predicted octanol–water partition coefficient (Wildman–Crippen LogP) is 23.2. The molecular weight excluding hydrogens is 1860 g/mol. The number of H-pyrrole nitrogens is 3. The molecule has 0 bridgehead atoms. The first kappa shape index (κ1) is 114. The highest BCUT2D eigenvalue weighted by Crippen LogP contribution is 2.46. The SMILES string of the molecule is CCCCCCCC(=O)Nc1ccccc1Sc1c(C(C)(C)C)[nH]n2c(C(C)NS(=O)(=O)c3cc(C(C)(C)C)ccc3OC)nnc12.CCCCCCCCOc1ccc(C(C)(C)CC(C)(C)C)cc1S(=O)(=O)NC(c1nnc2cc(C(C)(C)C)[nH]n12)C(C)C.Cc1ccc(Oc2c(C(C)(C)C)[nH]n3c(C(C)NS(=O)(=O)c4cc(C(C)(C)CC(C)(C)C)ccc4OC(C)C(=O)NCCC(=O)O)nnc23)cc1. The normalized spacial score (nSPS) is 13.8. The van der Waals surface area contributed by atoms with E-state index in [-0.39, 0.29) is 88.9 Å². The van der Waals surface area contributed by atoms with Gasteiger partial charge in [0.25, 0.3) is 5.91 Å². The number of anilines is 1. The van der Waals surface area contributed by atoms with Crippen LogP contribution in [0.3, 0.4) is 0 Å². The van der Waals surface area contributed by atoms with Crippen LogP contribution >= 0.6 is 11.8 Å². The molecule has 776 valence electrons. The van der Waals surface area contributed by atoms with Crippen LogP contribution in [-0.4, -0.2) is 134 Å². The third-order valence-electron chi connectivity index (χ3n) is 24.4. The second-order valence-electron chi connectivity index (χ2n) is 45.5. The molecule has 4 atom stereocenters. The Morgan fingerprint density at radius 3 is 1.50 bits per heavy atom. The lowest BCUT2D eigenvalue weighted by atomic mass is 9.72. The molecule has 31 nitrogen and oxygen atoms in total. The number of carboxylic acid groups (broad SMARTS) is 1. The van der Waals surface area contributed by atoms with Crippen molar-refractivity contribution >= 4 is 82.2 Å². The number of rotatable bonds is 43. The van der Waals surface area contributed by atoms with Crippen molar-refractivity contribution in [3.8, 4) is 28.7 Å². The average molecular weight is 2020 g/mol. The molecule has 35 heteroatoms. The lowest BCUT2D eigenvalue weighted by molar-refractivity contribution is -0.137. The number of aromatic amines is 3. The van der Waals surface area contributed by atoms with Gasteiger partial charge in [-0.3, -0.25) is 29.7 Å². The number of hydrogen-bond donors (Lipinski definition) is 9. The lowest BCUT2D eigenvalue weighted by Crippen LogP contribution is -2.38. The van der Waals surface area contributed by atoms with Crippen molar-refractivity contribution in [1.29, 1.82) is 0 Å². The number of aromatic nitrogens is 12. The zero-order valence-electron chi connectivity index (χ0n) is 89.2. The van der Waals surface area contributed by atoms with Gasteiger partial charge in [-0.2, -0.15) is 4.72 Å². The summed E-state index contributed by atoms with van der Waals surface area (Å²) in [6.07, 6.45) is 13.0. The summed E-state index contributed by atoms with van der Waals surface area (Å²) in [6.45, 7) is 61.9. The van der Waals surface area contributed by atoms with Crippen LogP contribution in [0.15, 0.2) is 134 Å². The van der Waals surface area contributed by atoms with Gasteiger partial charge in [-0.05, 0) is 164 Å². The molecule has 141 heavy (non-hydrogen) atoms. The van der Waals surface area contributed by atoms with Gasteiger partial charge in [0, 0.05) is 45.9 Å². The number of unbranched alkanes of at least 4 members (excludes halogenated alkanes) is 9. The first-order chi connectivity index (χ1) is 65.4. The summed E-state index contributed by atoms with van der Waals surface area (Å²) in [4.78, 5) is 38.3. The predicted molar refractivity (Wildman–Crippen MR) is 560 cm³/mol. The molecule has 0 aliphatic carbocycles. The number of benzene rings is 5. The van der Waals surface area contributed by atoms with Gasteiger partial charge in [-0.25, -0.2) is 48.2 Å². The number of methoxy groups -OCH3 is 1. The Kier molecular flexibility index (Phi) is 37.9. The number of fused-ring (bicyclic) bond motifs is 3. The van der Waals surface area contributed by atoms with Crippen LogP contribution in [0.25, 0.3) is 16.9 Å². The number of carboxylic acids is 1. The first-order valence-corrected chi connectivity index (χ1v) is 54.7. The lowest BCUT2D eigenvalue weighted by Gasteiger charge is -2.33. The Hall–Kier alpha value is -10.2. The maximum atomic E-state index is 14.3. The standard InChI is InChI=1S/C37H52N6O7S.C35H50N6O4S2.C34H57N5O3S/c1-22-12-15-26(16-13-22)50-30-31(36(7,8)9)41-43-32(39-40-33(30)43)23(2)42-51(47,48)28-20-25(37(10,11)21-35(4,5)6)14-17-27(28)49-24(3)34(46)38-19-18-29(44)45;1-10-11-12-13-14-19-29(42)36-25-17-15-16-18-27(25)46-30-31(35(6,7)8)39-41-32(37-38-33(30)41)23(2)40-47(43,44)28-22-24(34(3,4)5)20-21-26(28)45-9;1-12-13-14-15-16-17-20-42-26-19-18-25(34(10,11)23-32(4,5)6)21-27(26)43(40,41)38-30(24(2)3)31-36-35-29-22-28(33(7,8)9)37-39(29)31/h12-17,20,23-24,41-42H,18-19,21H2,1-11H3,(H,38,46)(H,44,45);15-18,20-23,39-40H,10-14,19H2,1-9H3,(H,36,42);18-19,21-22,24,30,37-38H,12-17,20,23H2,1-11H3. The van der Waals surface area contributed by atoms with Gasteiger partial charge in [0.05, 0.1) is 60.2 Å². The van der Waals surface area contributed by atoms with Gasteiger partial charge in [-0.15, -0.1) is 30.6 Å². The zero-order valence-corrected chi connectivity index (χ0v) is 92.5. The number of carbonyl (C=O) groups is 3. The van der Waals surface area contributed by atoms with Gasteiger partial charge in [0.15, 0.2) is 40.6 Å². The van der Waals surface area contributed by atoms with E-state index in [0.29, 0.717) is 64.7 Å². The van der Waals surface area contributed by atoms with E-state index in [0.717, 1.165) is 99.8 Å². The summed E-state index contributed by atoms with van der Waals surface area (Å²) in [7, 11) is -10.9. The molecule has 5 aromatic carbocycles. The van der Waals surface area contributed by atoms with Gasteiger partial charge < -0.3 is 34.7 Å². The van der Waals surface area contributed by atoms with Crippen molar-refractivity contribution in [2.45, 2.75) is 385 Å². The van der Waals surface area contributed by atoms with Crippen molar-refractivity contribution in [2.75, 3.05) is 25.6 Å². The van der Waals surface area contributed by atoms with Crippen molar-refractivity contribution in [2.24, 2.45) is 16.7 Å². The molecule has 0 aliphatic rings. The summed E-state index contributed by atoms with van der Waals surface area (Å²) in [5.74, 6) is 1.26. The van der Waals surface area contributed by atoms with E-state index in [1.54, 1.807) is 51.7 Å². The molecular formula is C106H159N17O14S4. The van der Waals surface area contributed by atoms with E-state index in [9.17, 15) is 39.6 Å². The molecule has 11 aromatic rings. The number of hydrogen-bond acceptors (Lipinski definition) is 20. The number of amides is 2. The first-order valence-electron chi connectivity index (χ1n) is 49.4. The Bertz CT molecular complexity index is 6440. The summed E-state index contributed by atoms with van der Waals surface area (Å²) in [5, 5.41) is 51.2. The highest BCUT2D eigenvalue weighted by Gasteiger charge is 2.39. The molecule has 11 rings (SSSR count). The number of para-hydroxylation sites is 1. The Balaban J connectivity index is 0.000000237. The minimum atomic E-state index is -4.31. The number of sulfonamides is 3.